The molecule has 0 aromatic heterocycles. The van der Waals surface area contributed by atoms with E-state index in [2.05, 4.69) is 5.32 Å². The van der Waals surface area contributed by atoms with Crippen LogP contribution in [-0.4, -0.2) is 25.6 Å². The molecule has 1 aliphatic heterocycles. The molecule has 1 amide bonds. The summed E-state index contributed by atoms with van der Waals surface area (Å²) in [5, 5.41) is 3.11. The van der Waals surface area contributed by atoms with Gasteiger partial charge in [-0.25, -0.2) is 4.39 Å². The van der Waals surface area contributed by atoms with E-state index in [1.165, 1.54) is 6.07 Å². The lowest BCUT2D eigenvalue weighted by molar-refractivity contribution is 0.0255. The van der Waals surface area contributed by atoms with Crippen LogP contribution in [0, 0.1) is 5.82 Å². The number of primary amides is 1. The monoisotopic (exact) mass is 224 g/mol. The molecule has 0 saturated carbocycles. The van der Waals surface area contributed by atoms with Gasteiger partial charge in [0.05, 0.1) is 12.7 Å². The number of amides is 1. The van der Waals surface area contributed by atoms with E-state index < -0.39 is 11.7 Å². The fraction of sp³-hybridized carbons (Fsp3) is 0.364. The Morgan fingerprint density at radius 3 is 2.94 bits per heavy atom. The van der Waals surface area contributed by atoms with E-state index >= 15 is 0 Å². The van der Waals surface area contributed by atoms with Gasteiger partial charge in [-0.1, -0.05) is 6.07 Å². The number of nitrogens with one attached hydrogen (secondary N) is 1. The Morgan fingerprint density at radius 2 is 2.38 bits per heavy atom. The van der Waals surface area contributed by atoms with Gasteiger partial charge in [0.2, 0.25) is 5.91 Å². The fourth-order valence-electron chi connectivity index (χ4n) is 1.71. The van der Waals surface area contributed by atoms with Gasteiger partial charge in [0, 0.05) is 24.2 Å². The zero-order valence-electron chi connectivity index (χ0n) is 8.70. The Labute approximate surface area is 92.6 Å². The summed E-state index contributed by atoms with van der Waals surface area (Å²) in [5.74, 6) is -1.09. The summed E-state index contributed by atoms with van der Waals surface area (Å²) in [7, 11) is 0. The van der Waals surface area contributed by atoms with Gasteiger partial charge in [-0.05, 0) is 12.1 Å². The van der Waals surface area contributed by atoms with Gasteiger partial charge in [-0.15, -0.1) is 0 Å². The minimum absolute atomic E-state index is 0.171. The number of carbonyl (C=O) groups excluding carboxylic acids is 1. The van der Waals surface area contributed by atoms with Crippen LogP contribution in [0.25, 0.3) is 0 Å². The second kappa shape index (κ2) is 4.59. The largest absolute Gasteiger partial charge is 0.371 e. The molecule has 1 heterocycles. The number of hydrogen-bond donors (Lipinski definition) is 2. The highest BCUT2D eigenvalue weighted by atomic mass is 19.1. The molecule has 3 N–H and O–H groups in total. The third-order valence-electron chi connectivity index (χ3n) is 2.56. The lowest BCUT2D eigenvalue weighted by atomic mass is 10.0. The number of ether oxygens (including phenoxy) is 1. The molecule has 1 saturated heterocycles. The van der Waals surface area contributed by atoms with E-state index in [4.69, 9.17) is 10.5 Å². The minimum atomic E-state index is -0.631. The number of nitrogens with two attached hydrogens (primary N) is 1. The lowest BCUT2D eigenvalue weighted by Gasteiger charge is -2.24. The van der Waals surface area contributed by atoms with Gasteiger partial charge in [0.1, 0.15) is 5.82 Å². The molecule has 1 fully saturated rings. The van der Waals surface area contributed by atoms with Crippen LogP contribution >= 0.6 is 0 Å². The van der Waals surface area contributed by atoms with Crippen LogP contribution in [0.2, 0.25) is 0 Å². The summed E-state index contributed by atoms with van der Waals surface area (Å²) in [5.41, 5.74) is 5.69. The SMILES string of the molecule is NC(=O)c1ccc(C2CNCCO2)c(F)c1. The van der Waals surface area contributed by atoms with Crippen molar-refractivity contribution in [2.24, 2.45) is 5.73 Å². The molecule has 4 nitrogen and oxygen atoms in total. The molecule has 5 heteroatoms. The smallest absolute Gasteiger partial charge is 0.248 e. The van der Waals surface area contributed by atoms with Crippen LogP contribution in [0.4, 0.5) is 4.39 Å². The average Bonchev–Trinajstić information content (AvgIpc) is 2.30. The summed E-state index contributed by atoms with van der Waals surface area (Å²) in [6, 6.07) is 4.21. The van der Waals surface area contributed by atoms with Crippen LogP contribution in [0.5, 0.6) is 0 Å². The fourth-order valence-corrected chi connectivity index (χ4v) is 1.71. The Bertz CT molecular complexity index is 403. The highest BCUT2D eigenvalue weighted by Crippen LogP contribution is 2.22. The third kappa shape index (κ3) is 2.20. The number of hydrogen-bond acceptors (Lipinski definition) is 3. The molecule has 0 spiro atoms. The topological polar surface area (TPSA) is 64.4 Å². The molecular weight excluding hydrogens is 211 g/mol. The maximum Gasteiger partial charge on any atom is 0.248 e. The molecule has 16 heavy (non-hydrogen) atoms. The highest BCUT2D eigenvalue weighted by Gasteiger charge is 2.19. The molecule has 1 aromatic rings. The normalized spacial score (nSPS) is 20.7. The first-order chi connectivity index (χ1) is 7.68. The van der Waals surface area contributed by atoms with Gasteiger partial charge in [0.25, 0.3) is 0 Å². The van der Waals surface area contributed by atoms with Crippen molar-refractivity contribution in [1.29, 1.82) is 0 Å². The first-order valence-corrected chi connectivity index (χ1v) is 5.10. The predicted octanol–water partition coefficient (Wildman–Crippen LogP) is 0.585. The number of rotatable bonds is 2. The zero-order valence-corrected chi connectivity index (χ0v) is 8.70. The summed E-state index contributed by atoms with van der Waals surface area (Å²) in [6.07, 6.45) is -0.296. The van der Waals surface area contributed by atoms with Crippen molar-refractivity contribution in [3.8, 4) is 0 Å². The minimum Gasteiger partial charge on any atom is -0.371 e. The van der Waals surface area contributed by atoms with Crippen molar-refractivity contribution in [2.75, 3.05) is 19.7 Å². The van der Waals surface area contributed by atoms with E-state index in [-0.39, 0.29) is 11.7 Å². The van der Waals surface area contributed by atoms with E-state index in [1.54, 1.807) is 6.07 Å². The summed E-state index contributed by atoms with van der Waals surface area (Å²) < 4.78 is 19.1. The quantitative estimate of drug-likeness (QED) is 0.772. The molecule has 1 aliphatic rings. The Morgan fingerprint density at radius 1 is 1.56 bits per heavy atom. The van der Waals surface area contributed by atoms with Crippen molar-refractivity contribution in [3.63, 3.8) is 0 Å². The Hall–Kier alpha value is -1.46. The number of halogens is 1. The Balaban J connectivity index is 2.24. The molecule has 2 rings (SSSR count). The maximum absolute atomic E-state index is 13.7. The standard InChI is InChI=1S/C11H13FN2O2/c12-9-5-7(11(13)15)1-2-8(9)10-6-14-3-4-16-10/h1-2,5,10,14H,3-4,6H2,(H2,13,15). The first-order valence-electron chi connectivity index (χ1n) is 5.10. The molecule has 1 atom stereocenters. The van der Waals surface area contributed by atoms with Gasteiger partial charge < -0.3 is 15.8 Å². The van der Waals surface area contributed by atoms with E-state index in [9.17, 15) is 9.18 Å². The third-order valence-corrected chi connectivity index (χ3v) is 2.56. The van der Waals surface area contributed by atoms with Crippen molar-refractivity contribution in [2.45, 2.75) is 6.10 Å². The number of benzene rings is 1. The van der Waals surface area contributed by atoms with E-state index in [0.717, 1.165) is 12.6 Å². The van der Waals surface area contributed by atoms with Crippen LogP contribution in [0.15, 0.2) is 18.2 Å². The van der Waals surface area contributed by atoms with E-state index in [0.29, 0.717) is 18.7 Å². The molecule has 86 valence electrons. The highest BCUT2D eigenvalue weighted by molar-refractivity contribution is 5.92. The molecular formula is C11H13FN2O2. The Kier molecular flexibility index (Phi) is 3.17. The van der Waals surface area contributed by atoms with Gasteiger partial charge in [-0.3, -0.25) is 4.79 Å². The average molecular weight is 224 g/mol. The van der Waals surface area contributed by atoms with E-state index in [1.807, 2.05) is 0 Å². The summed E-state index contributed by atoms with van der Waals surface area (Å²) >= 11 is 0. The molecule has 0 aliphatic carbocycles. The summed E-state index contributed by atoms with van der Waals surface area (Å²) in [4.78, 5) is 10.9. The second-order valence-electron chi connectivity index (χ2n) is 3.66. The summed E-state index contributed by atoms with van der Waals surface area (Å²) in [6.45, 7) is 1.91. The van der Waals surface area contributed by atoms with Crippen LogP contribution < -0.4 is 11.1 Å². The van der Waals surface area contributed by atoms with Crippen molar-refractivity contribution in [1.82, 2.24) is 5.32 Å². The molecule has 0 bridgehead atoms. The van der Waals surface area contributed by atoms with Crippen LogP contribution in [-0.2, 0) is 4.74 Å². The first kappa shape index (κ1) is 11.0. The van der Waals surface area contributed by atoms with Crippen molar-refractivity contribution >= 4 is 5.91 Å². The zero-order chi connectivity index (χ0) is 11.5. The maximum atomic E-state index is 13.7. The molecule has 1 unspecified atom stereocenters. The van der Waals surface area contributed by atoms with Crippen molar-refractivity contribution in [3.05, 3.63) is 35.1 Å². The molecule has 0 radical (unpaired) electrons. The van der Waals surface area contributed by atoms with Crippen molar-refractivity contribution < 1.29 is 13.9 Å². The van der Waals surface area contributed by atoms with Gasteiger partial charge in [0.15, 0.2) is 0 Å². The predicted molar refractivity (Wildman–Crippen MR) is 56.5 cm³/mol. The number of carbonyl (C=O) groups is 1. The number of morpholine rings is 1. The second-order valence-corrected chi connectivity index (χ2v) is 3.66. The van der Waals surface area contributed by atoms with Gasteiger partial charge in [-0.2, -0.15) is 0 Å². The van der Waals surface area contributed by atoms with Crippen LogP contribution in [0.1, 0.15) is 22.0 Å². The lowest BCUT2D eigenvalue weighted by Crippen LogP contribution is -2.33. The molecule has 1 aromatic carbocycles. The van der Waals surface area contributed by atoms with Gasteiger partial charge >= 0.3 is 0 Å². The van der Waals surface area contributed by atoms with Crippen LogP contribution in [0.3, 0.4) is 0 Å².